The number of aliphatic imine (C=N–C) groups is 1. The molecule has 7 nitrogen and oxygen atoms in total. The number of rotatable bonds is 11. The van der Waals surface area contributed by atoms with Crippen LogP contribution in [0.1, 0.15) is 42.8 Å². The van der Waals surface area contributed by atoms with E-state index in [1.165, 1.54) is 12.3 Å². The number of hydrogen-bond donors (Lipinski definition) is 3. The number of aryl methyl sites for hydroxylation is 1. The van der Waals surface area contributed by atoms with Crippen LogP contribution in [0.25, 0.3) is 0 Å². The van der Waals surface area contributed by atoms with Gasteiger partial charge in [-0.1, -0.05) is 19.1 Å². The normalized spacial score (nSPS) is 12.3. The first-order valence-corrected chi connectivity index (χ1v) is 10.3. The number of guanidine groups is 1. The van der Waals surface area contributed by atoms with Crippen molar-refractivity contribution in [1.29, 1.82) is 0 Å². The van der Waals surface area contributed by atoms with Gasteiger partial charge in [0.25, 0.3) is 5.91 Å². The maximum Gasteiger partial charge on any atom is 0.287 e. The molecule has 1 atom stereocenters. The molecule has 1 aromatic heterocycles. The largest absolute Gasteiger partial charge is 0.485 e. The highest BCUT2D eigenvalue weighted by molar-refractivity contribution is 5.92. The summed E-state index contributed by atoms with van der Waals surface area (Å²) in [6.45, 7) is 8.05. The lowest BCUT2D eigenvalue weighted by atomic mass is 10.2. The van der Waals surface area contributed by atoms with Crippen LogP contribution >= 0.6 is 0 Å². The fourth-order valence-corrected chi connectivity index (χ4v) is 2.69. The number of furan rings is 1. The zero-order valence-electron chi connectivity index (χ0n) is 17.8. The summed E-state index contributed by atoms with van der Waals surface area (Å²) in [7, 11) is 0. The molecule has 1 aromatic carbocycles. The Balaban J connectivity index is 1.77. The molecule has 0 fully saturated rings. The van der Waals surface area contributed by atoms with Gasteiger partial charge in [-0.05, 0) is 44.9 Å². The van der Waals surface area contributed by atoms with Gasteiger partial charge in [-0.2, -0.15) is 0 Å². The molecule has 0 saturated heterocycles. The molecule has 1 amide bonds. The molecular weight excluding hydrogens is 387 g/mol. The van der Waals surface area contributed by atoms with E-state index in [1.54, 1.807) is 24.3 Å². The van der Waals surface area contributed by atoms with E-state index >= 15 is 0 Å². The Labute approximate surface area is 177 Å². The number of benzene rings is 1. The Morgan fingerprint density at radius 3 is 2.60 bits per heavy atom. The minimum atomic E-state index is -0.378. The highest BCUT2D eigenvalue weighted by Gasteiger charge is 2.12. The number of nitrogens with one attached hydrogen (secondary N) is 3. The van der Waals surface area contributed by atoms with E-state index in [1.807, 2.05) is 20.8 Å². The number of ether oxygens (including phenoxy) is 1. The number of amides is 1. The summed E-state index contributed by atoms with van der Waals surface area (Å²) in [6, 6.07) is 8.13. The summed E-state index contributed by atoms with van der Waals surface area (Å²) in [6.07, 6.45) is 2.70. The summed E-state index contributed by atoms with van der Waals surface area (Å²) < 4.78 is 24.7. The van der Waals surface area contributed by atoms with Crippen molar-refractivity contribution in [2.24, 2.45) is 4.99 Å². The first kappa shape index (κ1) is 23.3. The van der Waals surface area contributed by atoms with E-state index < -0.39 is 0 Å². The third-order valence-electron chi connectivity index (χ3n) is 4.38. The Morgan fingerprint density at radius 2 is 1.93 bits per heavy atom. The molecule has 0 aliphatic heterocycles. The first-order valence-electron chi connectivity index (χ1n) is 10.3. The zero-order chi connectivity index (χ0) is 21.8. The van der Waals surface area contributed by atoms with E-state index in [0.29, 0.717) is 44.3 Å². The summed E-state index contributed by atoms with van der Waals surface area (Å²) in [5, 5.41) is 9.24. The molecule has 3 N–H and O–H groups in total. The lowest BCUT2D eigenvalue weighted by Gasteiger charge is -2.17. The van der Waals surface area contributed by atoms with Crippen molar-refractivity contribution in [1.82, 2.24) is 16.0 Å². The Morgan fingerprint density at radius 1 is 1.17 bits per heavy atom. The van der Waals surface area contributed by atoms with Gasteiger partial charge in [0, 0.05) is 25.2 Å². The average Bonchev–Trinajstić information content (AvgIpc) is 3.17. The van der Waals surface area contributed by atoms with Crippen LogP contribution in [-0.4, -0.2) is 44.1 Å². The molecule has 164 valence electrons. The standard InChI is InChI=1S/C22H31FN4O3/c1-4-17(30-19-10-7-6-9-18(19)23)15-27-22(24-5-2)26-13-8-12-25-21(28)20-16(3)11-14-29-20/h6-7,9-11,14,17H,4-5,8,12-13,15H2,1-3H3,(H,25,28)(H2,24,26,27). The number of para-hydroxylation sites is 1. The topological polar surface area (TPSA) is 87.9 Å². The molecule has 0 saturated carbocycles. The van der Waals surface area contributed by atoms with Crippen molar-refractivity contribution in [2.45, 2.75) is 39.7 Å². The number of hydrogen-bond acceptors (Lipinski definition) is 4. The molecule has 30 heavy (non-hydrogen) atoms. The van der Waals surface area contributed by atoms with Crippen molar-refractivity contribution < 1.29 is 18.3 Å². The Kier molecular flexibility index (Phi) is 9.70. The molecule has 0 aliphatic rings. The van der Waals surface area contributed by atoms with E-state index in [-0.39, 0.29) is 23.6 Å². The number of nitrogens with zero attached hydrogens (tertiary/aromatic N) is 1. The lowest BCUT2D eigenvalue weighted by molar-refractivity contribution is 0.0925. The molecule has 8 heteroatoms. The number of carbonyl (C=O) groups excluding carboxylic acids is 1. The van der Waals surface area contributed by atoms with E-state index in [0.717, 1.165) is 12.0 Å². The molecule has 2 aromatic rings. The molecule has 2 rings (SSSR count). The van der Waals surface area contributed by atoms with Gasteiger partial charge in [0.2, 0.25) is 0 Å². The van der Waals surface area contributed by atoms with Gasteiger partial charge in [0.05, 0.1) is 12.8 Å². The summed E-state index contributed by atoms with van der Waals surface area (Å²) in [5.74, 6) is 0.644. The first-order chi connectivity index (χ1) is 14.5. The van der Waals surface area contributed by atoms with Crippen LogP contribution in [0, 0.1) is 12.7 Å². The van der Waals surface area contributed by atoms with Crippen LogP contribution in [0.3, 0.4) is 0 Å². The Hall–Kier alpha value is -3.03. The van der Waals surface area contributed by atoms with Crippen molar-refractivity contribution in [2.75, 3.05) is 26.2 Å². The number of carbonyl (C=O) groups is 1. The van der Waals surface area contributed by atoms with Crippen molar-refractivity contribution in [3.63, 3.8) is 0 Å². The summed E-state index contributed by atoms with van der Waals surface area (Å²) in [5.41, 5.74) is 0.815. The minimum Gasteiger partial charge on any atom is -0.485 e. The van der Waals surface area contributed by atoms with E-state index in [9.17, 15) is 9.18 Å². The average molecular weight is 419 g/mol. The van der Waals surface area contributed by atoms with Crippen LogP contribution in [0.4, 0.5) is 4.39 Å². The highest BCUT2D eigenvalue weighted by atomic mass is 19.1. The van der Waals surface area contributed by atoms with Crippen LogP contribution < -0.4 is 20.7 Å². The minimum absolute atomic E-state index is 0.214. The van der Waals surface area contributed by atoms with Gasteiger partial charge in [-0.3, -0.25) is 4.79 Å². The summed E-state index contributed by atoms with van der Waals surface area (Å²) >= 11 is 0. The maximum atomic E-state index is 13.8. The maximum absolute atomic E-state index is 13.8. The van der Waals surface area contributed by atoms with Crippen LogP contribution in [0.5, 0.6) is 5.75 Å². The van der Waals surface area contributed by atoms with E-state index in [2.05, 4.69) is 20.9 Å². The van der Waals surface area contributed by atoms with Crippen molar-refractivity contribution in [3.8, 4) is 5.75 Å². The molecule has 1 unspecified atom stereocenters. The third-order valence-corrected chi connectivity index (χ3v) is 4.38. The molecule has 0 spiro atoms. The molecule has 0 radical (unpaired) electrons. The molecular formula is C22H31FN4O3. The van der Waals surface area contributed by atoms with Crippen molar-refractivity contribution in [3.05, 3.63) is 53.7 Å². The lowest BCUT2D eigenvalue weighted by Crippen LogP contribution is -2.39. The van der Waals surface area contributed by atoms with Crippen LogP contribution in [0.2, 0.25) is 0 Å². The second kappa shape index (κ2) is 12.5. The molecule has 0 bridgehead atoms. The second-order valence-electron chi connectivity index (χ2n) is 6.77. The quantitative estimate of drug-likeness (QED) is 0.296. The molecule has 0 aliphatic carbocycles. The predicted octanol–water partition coefficient (Wildman–Crippen LogP) is 3.26. The van der Waals surface area contributed by atoms with Gasteiger partial charge in [0.15, 0.2) is 23.3 Å². The number of halogens is 1. The van der Waals surface area contributed by atoms with Crippen LogP contribution in [0.15, 0.2) is 46.0 Å². The van der Waals surface area contributed by atoms with Gasteiger partial charge >= 0.3 is 0 Å². The van der Waals surface area contributed by atoms with Gasteiger partial charge in [-0.25, -0.2) is 9.38 Å². The van der Waals surface area contributed by atoms with Gasteiger partial charge < -0.3 is 25.1 Å². The van der Waals surface area contributed by atoms with Crippen molar-refractivity contribution >= 4 is 11.9 Å². The van der Waals surface area contributed by atoms with Gasteiger partial charge in [0.1, 0.15) is 6.10 Å². The Bertz CT molecular complexity index is 822. The molecule has 1 heterocycles. The fourth-order valence-electron chi connectivity index (χ4n) is 2.69. The third kappa shape index (κ3) is 7.42. The van der Waals surface area contributed by atoms with Crippen LogP contribution in [-0.2, 0) is 0 Å². The zero-order valence-corrected chi connectivity index (χ0v) is 17.8. The van der Waals surface area contributed by atoms with Gasteiger partial charge in [-0.15, -0.1) is 0 Å². The predicted molar refractivity (Wildman–Crippen MR) is 115 cm³/mol. The smallest absolute Gasteiger partial charge is 0.287 e. The SMILES string of the molecule is CCNC(=NCC(CC)Oc1ccccc1F)NCCCNC(=O)c1occc1C. The summed E-state index contributed by atoms with van der Waals surface area (Å²) in [4.78, 5) is 16.5. The fraction of sp³-hybridized carbons (Fsp3) is 0.455. The monoisotopic (exact) mass is 418 g/mol. The highest BCUT2D eigenvalue weighted by Crippen LogP contribution is 2.18. The van der Waals surface area contributed by atoms with E-state index in [4.69, 9.17) is 9.15 Å². The second-order valence-corrected chi connectivity index (χ2v) is 6.77.